The maximum absolute atomic E-state index is 5.25. The number of guanidine groups is 1. The van der Waals surface area contributed by atoms with Crippen LogP contribution in [0.3, 0.4) is 0 Å². The molecule has 1 rings (SSSR count). The first-order valence-electron chi connectivity index (χ1n) is 4.21. The molecule has 0 aliphatic carbocycles. The number of hydrogen-bond donors (Lipinski definition) is 2. The Morgan fingerprint density at radius 1 is 1.31 bits per heavy atom. The van der Waals surface area contributed by atoms with Gasteiger partial charge >= 0.3 is 0 Å². The standard InChI is InChI=1S/C10H15N3/c1-7-3-4-9(8(2)5-7)6-13-10(11)12/h3-5H,6H2,1-2H3,(H4,11,12,13). The molecule has 70 valence electrons. The van der Waals surface area contributed by atoms with E-state index >= 15 is 0 Å². The fourth-order valence-corrected chi connectivity index (χ4v) is 1.20. The second kappa shape index (κ2) is 3.94. The Balaban J connectivity index is 2.84. The number of rotatable bonds is 2. The molecule has 3 heteroatoms. The molecule has 0 aromatic heterocycles. The third kappa shape index (κ3) is 2.78. The molecule has 0 saturated carbocycles. The lowest BCUT2D eigenvalue weighted by Crippen LogP contribution is -2.22. The van der Waals surface area contributed by atoms with Crippen molar-refractivity contribution in [2.75, 3.05) is 0 Å². The SMILES string of the molecule is Cc1ccc(CN=C(N)N)c(C)c1. The molecule has 0 bridgehead atoms. The minimum atomic E-state index is 0.139. The first-order chi connectivity index (χ1) is 6.09. The Kier molecular flexibility index (Phi) is 2.90. The van der Waals surface area contributed by atoms with E-state index in [1.54, 1.807) is 0 Å². The van der Waals surface area contributed by atoms with Gasteiger partial charge < -0.3 is 11.5 Å². The summed E-state index contributed by atoms with van der Waals surface area (Å²) in [5.74, 6) is 0.139. The highest BCUT2D eigenvalue weighted by atomic mass is 15.0. The molecule has 0 saturated heterocycles. The van der Waals surface area contributed by atoms with E-state index in [9.17, 15) is 0 Å². The van der Waals surface area contributed by atoms with Gasteiger partial charge in [-0.3, -0.25) is 0 Å². The first kappa shape index (κ1) is 9.58. The van der Waals surface area contributed by atoms with E-state index in [1.807, 2.05) is 0 Å². The van der Waals surface area contributed by atoms with Gasteiger partial charge in [0.05, 0.1) is 6.54 Å². The van der Waals surface area contributed by atoms with Crippen molar-refractivity contribution in [1.29, 1.82) is 0 Å². The predicted molar refractivity (Wildman–Crippen MR) is 55.4 cm³/mol. The van der Waals surface area contributed by atoms with Gasteiger partial charge in [-0.15, -0.1) is 0 Å². The van der Waals surface area contributed by atoms with E-state index in [0.717, 1.165) is 0 Å². The molecule has 1 aromatic rings. The van der Waals surface area contributed by atoms with E-state index in [-0.39, 0.29) is 5.96 Å². The molecule has 0 fully saturated rings. The summed E-state index contributed by atoms with van der Waals surface area (Å²) in [5.41, 5.74) is 14.1. The average molecular weight is 177 g/mol. The first-order valence-corrected chi connectivity index (χ1v) is 4.21. The van der Waals surface area contributed by atoms with Crippen LogP contribution < -0.4 is 11.5 Å². The fraction of sp³-hybridized carbons (Fsp3) is 0.300. The number of benzene rings is 1. The van der Waals surface area contributed by atoms with Gasteiger partial charge in [0.1, 0.15) is 0 Å². The molecule has 0 spiro atoms. The summed E-state index contributed by atoms with van der Waals surface area (Å²) in [5, 5.41) is 0. The highest BCUT2D eigenvalue weighted by Crippen LogP contribution is 2.11. The van der Waals surface area contributed by atoms with Crippen molar-refractivity contribution in [3.05, 3.63) is 34.9 Å². The minimum Gasteiger partial charge on any atom is -0.370 e. The maximum atomic E-state index is 5.25. The van der Waals surface area contributed by atoms with Crippen LogP contribution >= 0.6 is 0 Å². The number of aryl methyl sites for hydroxylation is 2. The third-order valence-electron chi connectivity index (χ3n) is 1.93. The van der Waals surface area contributed by atoms with Gasteiger partial charge in [0.2, 0.25) is 0 Å². The van der Waals surface area contributed by atoms with Crippen molar-refractivity contribution in [3.8, 4) is 0 Å². The monoisotopic (exact) mass is 177 g/mol. The molecule has 0 atom stereocenters. The fourth-order valence-electron chi connectivity index (χ4n) is 1.20. The van der Waals surface area contributed by atoms with Gasteiger partial charge in [-0.1, -0.05) is 23.8 Å². The molecule has 13 heavy (non-hydrogen) atoms. The largest absolute Gasteiger partial charge is 0.370 e. The Morgan fingerprint density at radius 2 is 2.00 bits per heavy atom. The lowest BCUT2D eigenvalue weighted by molar-refractivity contribution is 1.03. The van der Waals surface area contributed by atoms with Crippen LogP contribution in [0.1, 0.15) is 16.7 Å². The van der Waals surface area contributed by atoms with Gasteiger partial charge in [-0.2, -0.15) is 0 Å². The molecular weight excluding hydrogens is 162 g/mol. The van der Waals surface area contributed by atoms with Crippen LogP contribution in [0.2, 0.25) is 0 Å². The van der Waals surface area contributed by atoms with Crippen LogP contribution in [-0.4, -0.2) is 5.96 Å². The zero-order valence-electron chi connectivity index (χ0n) is 8.04. The molecule has 0 unspecified atom stereocenters. The van der Waals surface area contributed by atoms with Crippen LogP contribution in [0.5, 0.6) is 0 Å². The number of aliphatic imine (C=N–C) groups is 1. The van der Waals surface area contributed by atoms with Crippen molar-refractivity contribution >= 4 is 5.96 Å². The summed E-state index contributed by atoms with van der Waals surface area (Å²) in [6.07, 6.45) is 0. The van der Waals surface area contributed by atoms with E-state index in [0.29, 0.717) is 6.54 Å². The molecule has 0 aliphatic rings. The Morgan fingerprint density at radius 3 is 2.54 bits per heavy atom. The van der Waals surface area contributed by atoms with Crippen LogP contribution in [0, 0.1) is 13.8 Å². The van der Waals surface area contributed by atoms with E-state index in [2.05, 4.69) is 37.0 Å². The van der Waals surface area contributed by atoms with Gasteiger partial charge in [0.25, 0.3) is 0 Å². The lowest BCUT2D eigenvalue weighted by Gasteiger charge is -2.03. The minimum absolute atomic E-state index is 0.139. The lowest BCUT2D eigenvalue weighted by atomic mass is 10.1. The molecule has 0 heterocycles. The van der Waals surface area contributed by atoms with Crippen LogP contribution in [0.4, 0.5) is 0 Å². The molecule has 0 radical (unpaired) electrons. The average Bonchev–Trinajstić information content (AvgIpc) is 2.02. The van der Waals surface area contributed by atoms with Crippen LogP contribution in [0.15, 0.2) is 23.2 Å². The van der Waals surface area contributed by atoms with Crippen LogP contribution in [-0.2, 0) is 6.54 Å². The molecule has 0 aliphatic heterocycles. The van der Waals surface area contributed by atoms with E-state index in [1.165, 1.54) is 16.7 Å². The van der Waals surface area contributed by atoms with Gasteiger partial charge in [-0.25, -0.2) is 4.99 Å². The number of hydrogen-bond acceptors (Lipinski definition) is 1. The number of nitrogens with zero attached hydrogens (tertiary/aromatic N) is 1. The van der Waals surface area contributed by atoms with Gasteiger partial charge in [0.15, 0.2) is 5.96 Å². The molecule has 0 amide bonds. The third-order valence-corrected chi connectivity index (χ3v) is 1.93. The van der Waals surface area contributed by atoms with E-state index in [4.69, 9.17) is 11.5 Å². The Hall–Kier alpha value is -1.51. The van der Waals surface area contributed by atoms with Gasteiger partial charge in [0, 0.05) is 0 Å². The van der Waals surface area contributed by atoms with Crippen LogP contribution in [0.25, 0.3) is 0 Å². The molecular formula is C10H15N3. The topological polar surface area (TPSA) is 64.4 Å². The Bertz CT molecular complexity index is 325. The molecule has 1 aromatic carbocycles. The second-order valence-corrected chi connectivity index (χ2v) is 3.17. The summed E-state index contributed by atoms with van der Waals surface area (Å²) >= 11 is 0. The summed E-state index contributed by atoms with van der Waals surface area (Å²) in [7, 11) is 0. The second-order valence-electron chi connectivity index (χ2n) is 3.17. The highest BCUT2D eigenvalue weighted by Gasteiger charge is 1.96. The predicted octanol–water partition coefficient (Wildman–Crippen LogP) is 1.08. The van der Waals surface area contributed by atoms with Gasteiger partial charge in [-0.05, 0) is 25.0 Å². The molecule has 3 nitrogen and oxygen atoms in total. The molecule has 4 N–H and O–H groups in total. The summed E-state index contributed by atoms with van der Waals surface area (Å²) in [6, 6.07) is 6.24. The highest BCUT2D eigenvalue weighted by molar-refractivity contribution is 5.75. The Labute approximate surface area is 78.5 Å². The van der Waals surface area contributed by atoms with Crippen molar-refractivity contribution in [2.45, 2.75) is 20.4 Å². The van der Waals surface area contributed by atoms with Crippen molar-refractivity contribution in [2.24, 2.45) is 16.5 Å². The smallest absolute Gasteiger partial charge is 0.186 e. The summed E-state index contributed by atoms with van der Waals surface area (Å²) < 4.78 is 0. The van der Waals surface area contributed by atoms with Crippen molar-refractivity contribution in [3.63, 3.8) is 0 Å². The summed E-state index contributed by atoms with van der Waals surface area (Å²) in [4.78, 5) is 3.96. The summed E-state index contributed by atoms with van der Waals surface area (Å²) in [6.45, 7) is 4.69. The maximum Gasteiger partial charge on any atom is 0.186 e. The zero-order chi connectivity index (χ0) is 9.84. The van der Waals surface area contributed by atoms with Crippen molar-refractivity contribution < 1.29 is 0 Å². The number of nitrogens with two attached hydrogens (primary N) is 2. The normalized spacial score (nSPS) is 9.69. The zero-order valence-corrected chi connectivity index (χ0v) is 8.04. The van der Waals surface area contributed by atoms with E-state index < -0.39 is 0 Å². The van der Waals surface area contributed by atoms with Crippen molar-refractivity contribution in [1.82, 2.24) is 0 Å². The quantitative estimate of drug-likeness (QED) is 0.524.